The molecule has 0 aliphatic heterocycles. The Morgan fingerprint density at radius 1 is 1.56 bits per heavy atom. The average molecular weight is 231 g/mol. The van der Waals surface area contributed by atoms with Gasteiger partial charge in [-0.15, -0.1) is 0 Å². The van der Waals surface area contributed by atoms with Crippen molar-refractivity contribution in [2.24, 2.45) is 17.8 Å². The summed E-state index contributed by atoms with van der Waals surface area (Å²) in [6.07, 6.45) is -2.60. The largest absolute Gasteiger partial charge is 0.411 e. The monoisotopic (exact) mass is 231 g/mol. The number of hydrogen-bond donors (Lipinski definition) is 0. The van der Waals surface area contributed by atoms with E-state index in [0.29, 0.717) is 0 Å². The molecule has 0 heterocycles. The Hall–Kier alpha value is -1.02. The molecule has 16 heavy (non-hydrogen) atoms. The summed E-state index contributed by atoms with van der Waals surface area (Å²) in [5.74, 6) is -0.175. The van der Waals surface area contributed by atoms with E-state index in [2.05, 4.69) is 6.07 Å². The van der Waals surface area contributed by atoms with Gasteiger partial charge in [0, 0.05) is 11.8 Å². The highest BCUT2D eigenvalue weighted by molar-refractivity contribution is 5.37. The second kappa shape index (κ2) is 3.24. The van der Waals surface area contributed by atoms with Crippen LogP contribution in [0.1, 0.15) is 13.8 Å². The molecule has 0 unspecified atom stereocenters. The van der Waals surface area contributed by atoms with Gasteiger partial charge in [-0.05, 0) is 13.8 Å². The first-order chi connectivity index (χ1) is 7.28. The zero-order chi connectivity index (χ0) is 12.1. The van der Waals surface area contributed by atoms with E-state index >= 15 is 0 Å². The van der Waals surface area contributed by atoms with E-state index in [1.54, 1.807) is 13.0 Å². The van der Waals surface area contributed by atoms with Gasteiger partial charge in [-0.25, -0.2) is 0 Å². The van der Waals surface area contributed by atoms with Crippen molar-refractivity contribution in [1.29, 1.82) is 5.26 Å². The molecule has 0 aromatic rings. The maximum absolute atomic E-state index is 12.1. The Morgan fingerprint density at radius 3 is 2.62 bits per heavy atom. The lowest BCUT2D eigenvalue weighted by Gasteiger charge is -2.25. The van der Waals surface area contributed by atoms with Gasteiger partial charge in [0.2, 0.25) is 0 Å². The van der Waals surface area contributed by atoms with Crippen molar-refractivity contribution in [2.75, 3.05) is 6.61 Å². The first-order valence-electron chi connectivity index (χ1n) is 5.08. The third-order valence-corrected chi connectivity index (χ3v) is 3.42. The minimum Gasteiger partial charge on any atom is -0.361 e. The van der Waals surface area contributed by atoms with Crippen LogP contribution in [0.4, 0.5) is 13.2 Å². The van der Waals surface area contributed by atoms with Crippen LogP contribution in [0.2, 0.25) is 0 Å². The van der Waals surface area contributed by atoms with Crippen molar-refractivity contribution in [3.05, 3.63) is 11.6 Å². The summed E-state index contributed by atoms with van der Waals surface area (Å²) in [5.41, 5.74) is 0.0474. The van der Waals surface area contributed by atoms with E-state index in [4.69, 9.17) is 10.00 Å². The van der Waals surface area contributed by atoms with Gasteiger partial charge in [0.15, 0.2) is 0 Å². The van der Waals surface area contributed by atoms with Gasteiger partial charge in [0.05, 0.1) is 17.6 Å². The lowest BCUT2D eigenvalue weighted by molar-refractivity contribution is -0.197. The van der Waals surface area contributed by atoms with Crippen LogP contribution in [0.15, 0.2) is 11.6 Å². The predicted molar refractivity (Wildman–Crippen MR) is 50.3 cm³/mol. The molecule has 1 fully saturated rings. The summed E-state index contributed by atoms with van der Waals surface area (Å²) in [6, 6.07) is 2.12. The molecule has 0 spiro atoms. The Labute approximate surface area is 91.7 Å². The molecular weight excluding hydrogens is 219 g/mol. The first-order valence-corrected chi connectivity index (χ1v) is 5.08. The number of halogens is 3. The highest BCUT2D eigenvalue weighted by atomic mass is 19.4. The fourth-order valence-electron chi connectivity index (χ4n) is 2.77. The topological polar surface area (TPSA) is 33.0 Å². The highest BCUT2D eigenvalue weighted by Crippen LogP contribution is 2.62. The van der Waals surface area contributed by atoms with Crippen molar-refractivity contribution >= 4 is 0 Å². The molecule has 1 saturated carbocycles. The van der Waals surface area contributed by atoms with Gasteiger partial charge in [0.1, 0.15) is 6.61 Å². The van der Waals surface area contributed by atoms with E-state index in [9.17, 15) is 13.2 Å². The van der Waals surface area contributed by atoms with E-state index in [0.717, 1.165) is 5.57 Å². The normalized spacial score (nSPS) is 41.2. The second-order valence-electron chi connectivity index (χ2n) is 4.68. The SMILES string of the molecule is CC1=C[C@](C)(OCC(F)(F)F)[C@H]2[C@H](C#N)[C@@H]12. The van der Waals surface area contributed by atoms with E-state index in [-0.39, 0.29) is 17.8 Å². The summed E-state index contributed by atoms with van der Waals surface area (Å²) >= 11 is 0. The highest BCUT2D eigenvalue weighted by Gasteiger charge is 2.64. The number of ether oxygens (including phenoxy) is 1. The predicted octanol–water partition coefficient (Wildman–Crippen LogP) is 2.67. The van der Waals surface area contributed by atoms with Gasteiger partial charge in [-0.1, -0.05) is 11.6 Å². The number of rotatable bonds is 2. The van der Waals surface area contributed by atoms with Crippen molar-refractivity contribution in [3.8, 4) is 6.07 Å². The van der Waals surface area contributed by atoms with Crippen molar-refractivity contribution in [3.63, 3.8) is 0 Å². The van der Waals surface area contributed by atoms with Gasteiger partial charge < -0.3 is 4.74 Å². The average Bonchev–Trinajstić information content (AvgIpc) is 2.82. The smallest absolute Gasteiger partial charge is 0.361 e. The van der Waals surface area contributed by atoms with Crippen LogP contribution >= 0.6 is 0 Å². The lowest BCUT2D eigenvalue weighted by Crippen LogP contribution is -2.33. The minimum absolute atomic E-state index is 0.0974. The zero-order valence-corrected chi connectivity index (χ0v) is 9.01. The van der Waals surface area contributed by atoms with Crippen LogP contribution in [0.3, 0.4) is 0 Å². The van der Waals surface area contributed by atoms with E-state index in [1.807, 2.05) is 6.92 Å². The Bertz CT molecular complexity index is 382. The summed E-state index contributed by atoms with van der Waals surface area (Å²) < 4.78 is 41.2. The summed E-state index contributed by atoms with van der Waals surface area (Å²) in [7, 11) is 0. The molecule has 0 amide bonds. The minimum atomic E-state index is -4.32. The molecule has 0 aromatic heterocycles. The van der Waals surface area contributed by atoms with Crippen LogP contribution < -0.4 is 0 Å². The summed E-state index contributed by atoms with van der Waals surface area (Å²) in [4.78, 5) is 0. The summed E-state index contributed by atoms with van der Waals surface area (Å²) in [6.45, 7) is 2.22. The molecule has 0 radical (unpaired) electrons. The van der Waals surface area contributed by atoms with Gasteiger partial charge >= 0.3 is 6.18 Å². The molecule has 0 aromatic carbocycles. The number of nitriles is 1. The fraction of sp³-hybridized carbons (Fsp3) is 0.727. The quantitative estimate of drug-likeness (QED) is 0.684. The van der Waals surface area contributed by atoms with Crippen LogP contribution in [0, 0.1) is 29.1 Å². The van der Waals surface area contributed by atoms with Gasteiger partial charge in [0.25, 0.3) is 0 Å². The van der Waals surface area contributed by atoms with Crippen LogP contribution in [0.5, 0.6) is 0 Å². The summed E-state index contributed by atoms with van der Waals surface area (Å²) in [5, 5.41) is 8.83. The molecule has 4 atom stereocenters. The second-order valence-corrected chi connectivity index (χ2v) is 4.68. The molecule has 0 bridgehead atoms. The van der Waals surface area contributed by atoms with Crippen LogP contribution in [0.25, 0.3) is 0 Å². The number of hydrogen-bond acceptors (Lipinski definition) is 2. The molecule has 2 nitrogen and oxygen atoms in total. The van der Waals surface area contributed by atoms with Crippen molar-refractivity contribution < 1.29 is 17.9 Å². The molecule has 2 aliphatic carbocycles. The molecule has 2 rings (SSSR count). The number of nitrogens with zero attached hydrogens (tertiary/aromatic N) is 1. The number of allylic oxidation sites excluding steroid dienone is 1. The zero-order valence-electron chi connectivity index (χ0n) is 9.01. The molecule has 5 heteroatoms. The first kappa shape index (κ1) is 11.5. The molecular formula is C11H12F3NO. The maximum atomic E-state index is 12.1. The third-order valence-electron chi connectivity index (χ3n) is 3.42. The Balaban J connectivity index is 2.07. The fourth-order valence-corrected chi connectivity index (χ4v) is 2.77. The van der Waals surface area contributed by atoms with Gasteiger partial charge in [-0.3, -0.25) is 0 Å². The maximum Gasteiger partial charge on any atom is 0.411 e. The number of fused-ring (bicyclic) bond motifs is 1. The Morgan fingerprint density at radius 2 is 2.19 bits per heavy atom. The number of alkyl halides is 3. The van der Waals surface area contributed by atoms with Crippen molar-refractivity contribution in [2.45, 2.75) is 25.6 Å². The molecule has 0 N–H and O–H groups in total. The third kappa shape index (κ3) is 1.71. The van der Waals surface area contributed by atoms with Gasteiger partial charge in [-0.2, -0.15) is 18.4 Å². The van der Waals surface area contributed by atoms with Crippen molar-refractivity contribution in [1.82, 2.24) is 0 Å². The standard InChI is InChI=1S/C11H12F3NO/c1-6-3-10(2,16-5-11(12,13)14)9-7(4-15)8(6)9/h3,7-9H,5H2,1-2H3/t7-,8-,9+,10+/m1/s1. The molecule has 2 aliphatic rings. The Kier molecular flexibility index (Phi) is 2.32. The molecule has 0 saturated heterocycles. The lowest BCUT2D eigenvalue weighted by atomic mass is 9.99. The molecule has 88 valence electrons. The van der Waals surface area contributed by atoms with Crippen LogP contribution in [-0.4, -0.2) is 18.4 Å². The van der Waals surface area contributed by atoms with Crippen LogP contribution in [-0.2, 0) is 4.74 Å². The van der Waals surface area contributed by atoms with E-state index in [1.165, 1.54) is 0 Å². The van der Waals surface area contributed by atoms with E-state index < -0.39 is 18.4 Å².